The molecule has 104 valence electrons. The van der Waals surface area contributed by atoms with Gasteiger partial charge in [0.05, 0.1) is 5.54 Å². The molecule has 0 atom stereocenters. The van der Waals surface area contributed by atoms with E-state index in [1.54, 1.807) is 0 Å². The quantitative estimate of drug-likeness (QED) is 0.845. The Balaban J connectivity index is 1.85. The predicted molar refractivity (Wildman–Crippen MR) is 83.3 cm³/mol. The van der Waals surface area contributed by atoms with Gasteiger partial charge in [-0.1, -0.05) is 43.2 Å². The molecule has 1 N–H and O–H groups in total. The fraction of sp³-hybridized carbons (Fsp3) is 0.353. The Morgan fingerprint density at radius 1 is 1.10 bits per heavy atom. The predicted octanol–water partition coefficient (Wildman–Crippen LogP) is 4.12. The third kappa shape index (κ3) is 2.53. The second kappa shape index (κ2) is 5.45. The fourth-order valence-corrected chi connectivity index (χ4v) is 3.32. The Morgan fingerprint density at radius 3 is 2.50 bits per heavy atom. The summed E-state index contributed by atoms with van der Waals surface area (Å²) in [5, 5.41) is 5.39. The van der Waals surface area contributed by atoms with Gasteiger partial charge in [0.1, 0.15) is 0 Å². The number of carbonyl (C=O) groups excluding carboxylic acids is 1. The van der Waals surface area contributed by atoms with Gasteiger partial charge in [-0.2, -0.15) is 0 Å². The topological polar surface area (TPSA) is 29.1 Å². The highest BCUT2D eigenvalue weighted by atomic mass is 35.5. The molecule has 1 saturated carbocycles. The SMILES string of the molecule is O=C(NC1(CCl)CCCC1)c1ccc2ccccc2c1. The van der Waals surface area contributed by atoms with Crippen LogP contribution in [0.25, 0.3) is 10.8 Å². The minimum absolute atomic E-state index is 0.0155. The van der Waals surface area contributed by atoms with E-state index < -0.39 is 0 Å². The first-order valence-electron chi connectivity index (χ1n) is 7.10. The molecule has 0 bridgehead atoms. The summed E-state index contributed by atoms with van der Waals surface area (Å²) >= 11 is 6.08. The van der Waals surface area contributed by atoms with Gasteiger partial charge in [0, 0.05) is 11.4 Å². The van der Waals surface area contributed by atoms with Gasteiger partial charge in [0.25, 0.3) is 5.91 Å². The van der Waals surface area contributed by atoms with Gasteiger partial charge in [0.2, 0.25) is 0 Å². The summed E-state index contributed by atoms with van der Waals surface area (Å²) in [7, 11) is 0. The third-order valence-electron chi connectivity index (χ3n) is 4.21. The maximum atomic E-state index is 12.4. The molecule has 3 heteroatoms. The summed E-state index contributed by atoms with van der Waals surface area (Å²) in [6, 6.07) is 13.9. The van der Waals surface area contributed by atoms with Crippen LogP contribution >= 0.6 is 11.6 Å². The molecule has 0 aliphatic heterocycles. The molecule has 0 saturated heterocycles. The number of halogens is 1. The lowest BCUT2D eigenvalue weighted by Gasteiger charge is -2.27. The second-order valence-electron chi connectivity index (χ2n) is 5.64. The van der Waals surface area contributed by atoms with Crippen LogP contribution in [0.15, 0.2) is 42.5 Å². The number of nitrogens with one attached hydrogen (secondary N) is 1. The number of alkyl halides is 1. The average Bonchev–Trinajstić information content (AvgIpc) is 2.96. The van der Waals surface area contributed by atoms with Crippen molar-refractivity contribution in [2.24, 2.45) is 0 Å². The summed E-state index contributed by atoms with van der Waals surface area (Å²) in [6.07, 6.45) is 4.25. The Kier molecular flexibility index (Phi) is 3.66. The van der Waals surface area contributed by atoms with E-state index in [1.165, 1.54) is 0 Å². The molecule has 0 radical (unpaired) electrons. The highest BCUT2D eigenvalue weighted by Gasteiger charge is 2.34. The van der Waals surface area contributed by atoms with E-state index in [9.17, 15) is 4.79 Å². The Bertz CT molecular complexity index is 632. The molecule has 2 aromatic rings. The number of hydrogen-bond acceptors (Lipinski definition) is 1. The first kappa shape index (κ1) is 13.4. The summed E-state index contributed by atoms with van der Waals surface area (Å²) in [6.45, 7) is 0. The lowest BCUT2D eigenvalue weighted by atomic mass is 9.99. The maximum absolute atomic E-state index is 12.4. The van der Waals surface area contributed by atoms with Crippen molar-refractivity contribution in [2.45, 2.75) is 31.2 Å². The van der Waals surface area contributed by atoms with Gasteiger partial charge in [0.15, 0.2) is 0 Å². The van der Waals surface area contributed by atoms with E-state index in [-0.39, 0.29) is 11.4 Å². The lowest BCUT2D eigenvalue weighted by Crippen LogP contribution is -2.47. The third-order valence-corrected chi connectivity index (χ3v) is 4.72. The number of hydrogen-bond donors (Lipinski definition) is 1. The van der Waals surface area contributed by atoms with Gasteiger partial charge >= 0.3 is 0 Å². The first-order valence-corrected chi connectivity index (χ1v) is 7.63. The van der Waals surface area contributed by atoms with E-state index in [2.05, 4.69) is 5.32 Å². The van der Waals surface area contributed by atoms with Crippen LogP contribution in [0.3, 0.4) is 0 Å². The first-order chi connectivity index (χ1) is 9.72. The zero-order chi connectivity index (χ0) is 14.0. The van der Waals surface area contributed by atoms with Gasteiger partial charge in [-0.05, 0) is 35.7 Å². The van der Waals surface area contributed by atoms with Crippen molar-refractivity contribution in [3.8, 4) is 0 Å². The Morgan fingerprint density at radius 2 is 1.80 bits per heavy atom. The van der Waals surface area contributed by atoms with Crippen molar-refractivity contribution < 1.29 is 4.79 Å². The van der Waals surface area contributed by atoms with Gasteiger partial charge in [-0.3, -0.25) is 4.79 Å². The molecule has 1 amide bonds. The van der Waals surface area contributed by atoms with Crippen LogP contribution in [-0.4, -0.2) is 17.3 Å². The highest BCUT2D eigenvalue weighted by molar-refractivity contribution is 6.19. The monoisotopic (exact) mass is 287 g/mol. The molecule has 0 heterocycles. The zero-order valence-corrected chi connectivity index (χ0v) is 12.1. The van der Waals surface area contributed by atoms with Crippen molar-refractivity contribution in [3.05, 3.63) is 48.0 Å². The molecule has 2 aromatic carbocycles. The lowest BCUT2D eigenvalue weighted by molar-refractivity contribution is 0.0909. The Hall–Kier alpha value is -1.54. The summed E-state index contributed by atoms with van der Waals surface area (Å²) in [5.74, 6) is 0.477. The molecule has 20 heavy (non-hydrogen) atoms. The Labute approximate surface area is 124 Å². The van der Waals surface area contributed by atoms with Crippen LogP contribution in [0.1, 0.15) is 36.0 Å². The maximum Gasteiger partial charge on any atom is 0.251 e. The van der Waals surface area contributed by atoms with Crippen molar-refractivity contribution in [2.75, 3.05) is 5.88 Å². The number of rotatable bonds is 3. The van der Waals surface area contributed by atoms with E-state index in [1.807, 2.05) is 42.5 Å². The van der Waals surface area contributed by atoms with Gasteiger partial charge in [-0.25, -0.2) is 0 Å². The zero-order valence-electron chi connectivity index (χ0n) is 11.4. The van der Waals surface area contributed by atoms with Crippen LogP contribution < -0.4 is 5.32 Å². The van der Waals surface area contributed by atoms with Crippen molar-refractivity contribution in [1.82, 2.24) is 5.32 Å². The van der Waals surface area contributed by atoms with Crippen LogP contribution in [0.4, 0.5) is 0 Å². The smallest absolute Gasteiger partial charge is 0.251 e. The largest absolute Gasteiger partial charge is 0.345 e. The number of carbonyl (C=O) groups is 1. The molecule has 1 aliphatic rings. The molecule has 0 unspecified atom stereocenters. The summed E-state index contributed by atoms with van der Waals surface area (Å²) in [4.78, 5) is 12.4. The summed E-state index contributed by atoms with van der Waals surface area (Å²) in [5.41, 5.74) is 0.504. The molecular weight excluding hydrogens is 270 g/mol. The highest BCUT2D eigenvalue weighted by Crippen LogP contribution is 2.31. The van der Waals surface area contributed by atoms with Crippen molar-refractivity contribution in [3.63, 3.8) is 0 Å². The van der Waals surface area contributed by atoms with Crippen LogP contribution in [-0.2, 0) is 0 Å². The van der Waals surface area contributed by atoms with E-state index in [0.717, 1.165) is 36.5 Å². The van der Waals surface area contributed by atoms with Crippen LogP contribution in [0, 0.1) is 0 Å². The van der Waals surface area contributed by atoms with Crippen molar-refractivity contribution in [1.29, 1.82) is 0 Å². The average molecular weight is 288 g/mol. The van der Waals surface area contributed by atoms with Crippen molar-refractivity contribution >= 4 is 28.3 Å². The number of fused-ring (bicyclic) bond motifs is 1. The fourth-order valence-electron chi connectivity index (χ4n) is 2.99. The molecule has 0 aromatic heterocycles. The van der Waals surface area contributed by atoms with E-state index >= 15 is 0 Å². The summed E-state index contributed by atoms with van der Waals surface area (Å²) < 4.78 is 0. The van der Waals surface area contributed by atoms with Crippen LogP contribution in [0.2, 0.25) is 0 Å². The number of benzene rings is 2. The molecular formula is C17H18ClNO. The minimum Gasteiger partial charge on any atom is -0.345 e. The van der Waals surface area contributed by atoms with E-state index in [0.29, 0.717) is 11.4 Å². The van der Waals surface area contributed by atoms with Gasteiger partial charge < -0.3 is 5.32 Å². The van der Waals surface area contributed by atoms with Gasteiger partial charge in [-0.15, -0.1) is 11.6 Å². The normalized spacial score (nSPS) is 17.2. The van der Waals surface area contributed by atoms with Crippen LogP contribution in [0.5, 0.6) is 0 Å². The van der Waals surface area contributed by atoms with E-state index in [4.69, 9.17) is 11.6 Å². The minimum atomic E-state index is -0.204. The molecule has 1 fully saturated rings. The molecule has 1 aliphatic carbocycles. The molecule has 3 rings (SSSR count). The second-order valence-corrected chi connectivity index (χ2v) is 5.90. The molecule has 2 nitrogen and oxygen atoms in total. The number of amides is 1. The molecule has 0 spiro atoms. The standard InChI is InChI=1S/C17H18ClNO/c18-12-17(9-3-4-10-17)19-16(20)15-8-7-13-5-1-2-6-14(13)11-15/h1-2,5-8,11H,3-4,9-10,12H2,(H,19,20).